The van der Waals surface area contributed by atoms with E-state index in [0.29, 0.717) is 23.9 Å². The van der Waals surface area contributed by atoms with E-state index in [2.05, 4.69) is 22.0 Å². The molecule has 0 radical (unpaired) electrons. The monoisotopic (exact) mass is 458 g/mol. The number of anilines is 1. The van der Waals surface area contributed by atoms with Crippen molar-refractivity contribution < 1.29 is 14.3 Å². The maximum atomic E-state index is 12.7. The number of carbonyl (C=O) groups is 2. The van der Waals surface area contributed by atoms with Gasteiger partial charge in [0.2, 0.25) is 0 Å². The van der Waals surface area contributed by atoms with Gasteiger partial charge in [0.15, 0.2) is 6.61 Å². The molecule has 1 aromatic rings. The predicted octanol–water partition coefficient (Wildman–Crippen LogP) is 4.60. The Hall–Kier alpha value is -1.87. The zero-order chi connectivity index (χ0) is 20.5. The number of halogens is 1. The van der Waals surface area contributed by atoms with Crippen LogP contribution < -0.4 is 4.90 Å². The first-order valence-electron chi connectivity index (χ1n) is 10.5. The largest absolute Gasteiger partial charge is 0.456 e. The van der Waals surface area contributed by atoms with E-state index in [0.717, 1.165) is 19.3 Å². The van der Waals surface area contributed by atoms with Crippen LogP contribution in [-0.4, -0.2) is 29.4 Å². The third-order valence-electron chi connectivity index (χ3n) is 6.80. The van der Waals surface area contributed by atoms with E-state index in [1.807, 2.05) is 30.3 Å². The van der Waals surface area contributed by atoms with E-state index in [1.54, 1.807) is 0 Å². The van der Waals surface area contributed by atoms with Gasteiger partial charge in [0.1, 0.15) is 0 Å². The fourth-order valence-electron chi connectivity index (χ4n) is 6.29. The molecule has 154 valence electrons. The molecular formula is C23H27BrN2O3. The summed E-state index contributed by atoms with van der Waals surface area (Å²) in [5, 5.41) is 8.90. The maximum absolute atomic E-state index is 12.7. The number of nitriles is 1. The van der Waals surface area contributed by atoms with Crippen molar-refractivity contribution in [1.29, 1.82) is 5.26 Å². The Morgan fingerprint density at radius 2 is 1.86 bits per heavy atom. The Morgan fingerprint density at radius 3 is 2.48 bits per heavy atom. The average Bonchev–Trinajstić information content (AvgIpc) is 2.65. The highest BCUT2D eigenvalue weighted by Crippen LogP contribution is 2.65. The molecule has 0 unspecified atom stereocenters. The molecule has 1 aromatic carbocycles. The summed E-state index contributed by atoms with van der Waals surface area (Å²) in [5.74, 6) is 0.862. The summed E-state index contributed by atoms with van der Waals surface area (Å²) in [7, 11) is 0. The Kier molecular flexibility index (Phi) is 5.70. The van der Waals surface area contributed by atoms with E-state index in [-0.39, 0.29) is 41.2 Å². The lowest BCUT2D eigenvalue weighted by Crippen LogP contribution is -2.53. The van der Waals surface area contributed by atoms with Crippen molar-refractivity contribution >= 4 is 33.5 Å². The van der Waals surface area contributed by atoms with Crippen LogP contribution in [0, 0.1) is 28.6 Å². The molecule has 4 fully saturated rings. The van der Waals surface area contributed by atoms with Gasteiger partial charge in [-0.3, -0.25) is 9.59 Å². The lowest BCUT2D eigenvalue weighted by atomic mass is 9.49. The third-order valence-corrected chi connectivity index (χ3v) is 7.73. The van der Waals surface area contributed by atoms with Gasteiger partial charge in [-0.2, -0.15) is 5.26 Å². The Labute approximate surface area is 180 Å². The van der Waals surface area contributed by atoms with Gasteiger partial charge in [0.25, 0.3) is 5.91 Å². The number of rotatable bonds is 7. The number of hydrogen-bond donors (Lipinski definition) is 0. The highest BCUT2D eigenvalue weighted by atomic mass is 79.9. The van der Waals surface area contributed by atoms with Crippen LogP contribution in [0.2, 0.25) is 0 Å². The first kappa shape index (κ1) is 20.4. The molecule has 5 nitrogen and oxygen atoms in total. The fraction of sp³-hybridized carbons (Fsp3) is 0.609. The Balaban J connectivity index is 1.35. The van der Waals surface area contributed by atoms with Gasteiger partial charge in [-0.25, -0.2) is 0 Å². The molecule has 2 atom stereocenters. The molecule has 4 saturated carbocycles. The number of nitrogens with zero attached hydrogens (tertiary/aromatic N) is 2. The molecule has 29 heavy (non-hydrogen) atoms. The summed E-state index contributed by atoms with van der Waals surface area (Å²) < 4.78 is 5.63. The van der Waals surface area contributed by atoms with Crippen LogP contribution in [0.15, 0.2) is 30.3 Å². The summed E-state index contributed by atoms with van der Waals surface area (Å²) in [6.45, 7) is 0.0118. The number of amides is 1. The molecular weight excluding hydrogens is 432 g/mol. The van der Waals surface area contributed by atoms with Crippen LogP contribution >= 0.6 is 15.9 Å². The number of ether oxygens (including phenoxy) is 1. The molecule has 0 N–H and O–H groups in total. The van der Waals surface area contributed by atoms with E-state index in [4.69, 9.17) is 10.00 Å². The van der Waals surface area contributed by atoms with Gasteiger partial charge in [0.05, 0.1) is 18.9 Å². The first-order valence-corrected chi connectivity index (χ1v) is 11.3. The zero-order valence-corrected chi connectivity index (χ0v) is 18.2. The van der Waals surface area contributed by atoms with E-state index in [1.165, 1.54) is 24.2 Å². The Bertz CT molecular complexity index is 805. The SMILES string of the molecule is N#CCCN(C(=O)COC(=O)CC12C[C@H]3C[C@@H](CC(Br)(C3)C1)C2)c1ccccc1. The summed E-state index contributed by atoms with van der Waals surface area (Å²) in [4.78, 5) is 26.9. The molecule has 4 bridgehead atoms. The smallest absolute Gasteiger partial charge is 0.306 e. The number of benzene rings is 1. The number of para-hydroxylation sites is 1. The highest BCUT2D eigenvalue weighted by molar-refractivity contribution is 9.10. The summed E-state index contributed by atoms with van der Waals surface area (Å²) >= 11 is 3.97. The van der Waals surface area contributed by atoms with Gasteiger partial charge >= 0.3 is 5.97 Å². The lowest BCUT2D eigenvalue weighted by Gasteiger charge is -2.60. The topological polar surface area (TPSA) is 70.4 Å². The molecule has 1 amide bonds. The molecule has 0 heterocycles. The third kappa shape index (κ3) is 4.50. The molecule has 0 aliphatic heterocycles. The first-order chi connectivity index (χ1) is 13.9. The maximum Gasteiger partial charge on any atom is 0.306 e. The number of alkyl halides is 1. The summed E-state index contributed by atoms with van der Waals surface area (Å²) in [6, 6.07) is 11.3. The van der Waals surface area contributed by atoms with Crippen molar-refractivity contribution in [3.8, 4) is 6.07 Å². The molecule has 5 rings (SSSR count). The molecule has 4 aliphatic rings. The van der Waals surface area contributed by atoms with Gasteiger partial charge < -0.3 is 9.64 Å². The molecule has 0 saturated heterocycles. The average molecular weight is 459 g/mol. The Morgan fingerprint density at radius 1 is 1.17 bits per heavy atom. The summed E-state index contributed by atoms with van der Waals surface area (Å²) in [5.41, 5.74) is 0.749. The number of carbonyl (C=O) groups excluding carboxylic acids is 2. The molecule has 6 heteroatoms. The van der Waals surface area contributed by atoms with Gasteiger partial charge in [-0.15, -0.1) is 0 Å². The van der Waals surface area contributed by atoms with E-state index < -0.39 is 0 Å². The molecule has 0 aromatic heterocycles. The van der Waals surface area contributed by atoms with Crippen molar-refractivity contribution in [3.63, 3.8) is 0 Å². The molecule has 4 aliphatic carbocycles. The van der Waals surface area contributed by atoms with E-state index >= 15 is 0 Å². The van der Waals surface area contributed by atoms with Crippen LogP contribution in [0.1, 0.15) is 51.4 Å². The predicted molar refractivity (Wildman–Crippen MR) is 113 cm³/mol. The fourth-order valence-corrected chi connectivity index (χ4v) is 7.80. The minimum Gasteiger partial charge on any atom is -0.456 e. The van der Waals surface area contributed by atoms with Gasteiger partial charge in [-0.1, -0.05) is 34.1 Å². The van der Waals surface area contributed by atoms with Crippen molar-refractivity contribution in [1.82, 2.24) is 0 Å². The molecule has 0 spiro atoms. The van der Waals surface area contributed by atoms with Crippen LogP contribution in [0.5, 0.6) is 0 Å². The second-order valence-electron chi connectivity index (χ2n) is 9.24. The van der Waals surface area contributed by atoms with Crippen LogP contribution in [0.4, 0.5) is 5.69 Å². The minimum absolute atomic E-state index is 0.0354. The van der Waals surface area contributed by atoms with Crippen LogP contribution in [-0.2, 0) is 14.3 Å². The second kappa shape index (κ2) is 8.10. The lowest BCUT2D eigenvalue weighted by molar-refractivity contribution is -0.154. The van der Waals surface area contributed by atoms with Crippen molar-refractivity contribution in [2.45, 2.75) is 55.7 Å². The summed E-state index contributed by atoms with van der Waals surface area (Å²) in [6.07, 6.45) is 7.64. The van der Waals surface area contributed by atoms with Gasteiger partial charge in [0, 0.05) is 16.6 Å². The van der Waals surface area contributed by atoms with E-state index in [9.17, 15) is 9.59 Å². The highest BCUT2D eigenvalue weighted by Gasteiger charge is 2.57. The van der Waals surface area contributed by atoms with Crippen LogP contribution in [0.25, 0.3) is 0 Å². The second-order valence-corrected chi connectivity index (χ2v) is 10.9. The van der Waals surface area contributed by atoms with Crippen molar-refractivity contribution in [2.24, 2.45) is 17.3 Å². The normalized spacial score (nSPS) is 31.9. The number of hydrogen-bond acceptors (Lipinski definition) is 4. The standard InChI is InChI=1S/C23H27BrN2O3/c24-23-12-17-9-18(13-23)11-22(10-17,16-23)14-21(28)29-15-20(27)26(8-4-7-25)19-5-2-1-3-6-19/h1-3,5-6,17-18H,4,8-16H2/t17-,18-,22?,23?/m1/s1. The zero-order valence-electron chi connectivity index (χ0n) is 16.6. The quantitative estimate of drug-likeness (QED) is 0.442. The minimum atomic E-state index is -0.290. The van der Waals surface area contributed by atoms with Crippen molar-refractivity contribution in [2.75, 3.05) is 18.1 Å². The number of esters is 1. The van der Waals surface area contributed by atoms with Crippen molar-refractivity contribution in [3.05, 3.63) is 30.3 Å². The van der Waals surface area contributed by atoms with Gasteiger partial charge in [-0.05, 0) is 67.9 Å². The van der Waals surface area contributed by atoms with Crippen LogP contribution in [0.3, 0.4) is 0 Å².